The summed E-state index contributed by atoms with van der Waals surface area (Å²) in [6.45, 7) is 7.91. The molecule has 3 heterocycles. The molecule has 0 N–H and O–H groups in total. The van der Waals surface area contributed by atoms with E-state index >= 15 is 0 Å². The Balaban J connectivity index is 1.50. The zero-order chi connectivity index (χ0) is 21.0. The number of carbonyl (C=O) groups is 2. The number of aromatic nitrogens is 1. The lowest BCUT2D eigenvalue weighted by molar-refractivity contribution is -0.139. The fourth-order valence-corrected chi connectivity index (χ4v) is 3.92. The van der Waals surface area contributed by atoms with E-state index in [1.807, 2.05) is 25.7 Å². The van der Waals surface area contributed by atoms with Crippen molar-refractivity contribution in [3.05, 3.63) is 23.5 Å². The molecular formula is C21H30ClN3O4. The molecule has 2 fully saturated rings. The highest BCUT2D eigenvalue weighted by atomic mass is 35.5. The third kappa shape index (κ3) is 5.98. The van der Waals surface area contributed by atoms with E-state index in [0.29, 0.717) is 37.0 Å². The van der Waals surface area contributed by atoms with E-state index in [1.54, 1.807) is 23.4 Å². The van der Waals surface area contributed by atoms with Gasteiger partial charge in [0.05, 0.1) is 5.92 Å². The fourth-order valence-electron chi connectivity index (χ4n) is 3.76. The SMILES string of the molecule is CC(C)(C)OC(=O)N1CCCC(C(=O)N2CCC(Oc3ccncc3Cl)CC2)C1. The summed E-state index contributed by atoms with van der Waals surface area (Å²) in [7, 11) is 0. The molecule has 1 aromatic heterocycles. The number of hydrogen-bond donors (Lipinski definition) is 0. The van der Waals surface area contributed by atoms with Crippen LogP contribution in [-0.4, -0.2) is 64.7 Å². The van der Waals surface area contributed by atoms with Crippen LogP contribution in [0, 0.1) is 5.92 Å². The number of likely N-dealkylation sites (tertiary alicyclic amines) is 2. The summed E-state index contributed by atoms with van der Waals surface area (Å²) in [4.78, 5) is 32.9. The lowest BCUT2D eigenvalue weighted by Gasteiger charge is -2.38. The minimum absolute atomic E-state index is 0.0311. The third-order valence-corrected chi connectivity index (χ3v) is 5.49. The maximum Gasteiger partial charge on any atom is 0.410 e. The minimum Gasteiger partial charge on any atom is -0.489 e. The van der Waals surface area contributed by atoms with Crippen LogP contribution in [-0.2, 0) is 9.53 Å². The molecule has 0 bridgehead atoms. The monoisotopic (exact) mass is 423 g/mol. The van der Waals surface area contributed by atoms with Crippen molar-refractivity contribution >= 4 is 23.6 Å². The van der Waals surface area contributed by atoms with Gasteiger partial charge in [0, 0.05) is 57.5 Å². The number of carbonyl (C=O) groups excluding carboxylic acids is 2. The highest BCUT2D eigenvalue weighted by Crippen LogP contribution is 2.27. The van der Waals surface area contributed by atoms with Crippen molar-refractivity contribution in [3.63, 3.8) is 0 Å². The molecule has 1 atom stereocenters. The van der Waals surface area contributed by atoms with E-state index in [0.717, 1.165) is 25.7 Å². The Morgan fingerprint density at radius 2 is 1.86 bits per heavy atom. The molecule has 3 rings (SSSR count). The van der Waals surface area contributed by atoms with Crippen molar-refractivity contribution in [3.8, 4) is 5.75 Å². The lowest BCUT2D eigenvalue weighted by Crippen LogP contribution is -2.50. The number of halogens is 1. The second-order valence-electron chi connectivity index (χ2n) is 8.71. The molecular weight excluding hydrogens is 394 g/mol. The zero-order valence-corrected chi connectivity index (χ0v) is 18.2. The first-order valence-corrected chi connectivity index (χ1v) is 10.6. The van der Waals surface area contributed by atoms with Crippen LogP contribution in [0.25, 0.3) is 0 Å². The van der Waals surface area contributed by atoms with Crippen LogP contribution in [0.3, 0.4) is 0 Å². The van der Waals surface area contributed by atoms with Gasteiger partial charge in [0.25, 0.3) is 0 Å². The Labute approximate surface area is 177 Å². The summed E-state index contributed by atoms with van der Waals surface area (Å²) in [5.41, 5.74) is -0.534. The second kappa shape index (κ2) is 9.20. The van der Waals surface area contributed by atoms with E-state index in [2.05, 4.69) is 4.98 Å². The van der Waals surface area contributed by atoms with Gasteiger partial charge in [0.15, 0.2) is 0 Å². The minimum atomic E-state index is -0.534. The maximum absolute atomic E-state index is 13.0. The quantitative estimate of drug-likeness (QED) is 0.740. The van der Waals surface area contributed by atoms with Gasteiger partial charge in [-0.15, -0.1) is 0 Å². The van der Waals surface area contributed by atoms with E-state index < -0.39 is 5.60 Å². The van der Waals surface area contributed by atoms with Gasteiger partial charge in [0.2, 0.25) is 5.91 Å². The maximum atomic E-state index is 13.0. The molecule has 0 aliphatic carbocycles. The highest BCUT2D eigenvalue weighted by Gasteiger charge is 2.34. The summed E-state index contributed by atoms with van der Waals surface area (Å²) >= 11 is 6.11. The molecule has 0 saturated carbocycles. The van der Waals surface area contributed by atoms with Crippen LogP contribution in [0.4, 0.5) is 4.79 Å². The van der Waals surface area contributed by atoms with Gasteiger partial charge in [-0.3, -0.25) is 9.78 Å². The predicted octanol–water partition coefficient (Wildman–Crippen LogP) is 3.75. The molecule has 2 aliphatic rings. The topological polar surface area (TPSA) is 72.0 Å². The second-order valence-corrected chi connectivity index (χ2v) is 9.12. The molecule has 2 saturated heterocycles. The van der Waals surface area contributed by atoms with Crippen LogP contribution >= 0.6 is 11.6 Å². The zero-order valence-electron chi connectivity index (χ0n) is 17.4. The molecule has 0 aromatic carbocycles. The summed E-state index contributed by atoms with van der Waals surface area (Å²) in [5, 5.41) is 0.496. The van der Waals surface area contributed by atoms with E-state index in [4.69, 9.17) is 21.1 Å². The Hall–Kier alpha value is -2.02. The van der Waals surface area contributed by atoms with Gasteiger partial charge in [-0.05, 0) is 33.6 Å². The highest BCUT2D eigenvalue weighted by molar-refractivity contribution is 6.31. The Kier molecular flexibility index (Phi) is 6.88. The van der Waals surface area contributed by atoms with Crippen molar-refractivity contribution in [1.82, 2.24) is 14.8 Å². The van der Waals surface area contributed by atoms with Gasteiger partial charge in [-0.1, -0.05) is 11.6 Å². The predicted molar refractivity (Wildman–Crippen MR) is 110 cm³/mol. The molecule has 7 nitrogen and oxygen atoms in total. The number of piperidine rings is 2. The number of ether oxygens (including phenoxy) is 2. The van der Waals surface area contributed by atoms with Crippen LogP contribution in [0.5, 0.6) is 5.75 Å². The van der Waals surface area contributed by atoms with Gasteiger partial charge < -0.3 is 19.3 Å². The van der Waals surface area contributed by atoms with Gasteiger partial charge in [0.1, 0.15) is 22.5 Å². The molecule has 160 valence electrons. The first-order valence-electron chi connectivity index (χ1n) is 10.3. The van der Waals surface area contributed by atoms with Crippen molar-refractivity contribution in [2.24, 2.45) is 5.92 Å². The molecule has 1 unspecified atom stereocenters. The molecule has 2 aliphatic heterocycles. The Morgan fingerprint density at radius 3 is 2.52 bits per heavy atom. The van der Waals surface area contributed by atoms with Crippen LogP contribution in [0.15, 0.2) is 18.5 Å². The average molecular weight is 424 g/mol. The smallest absolute Gasteiger partial charge is 0.410 e. The average Bonchev–Trinajstić information content (AvgIpc) is 2.68. The van der Waals surface area contributed by atoms with E-state index in [9.17, 15) is 9.59 Å². The summed E-state index contributed by atoms with van der Waals surface area (Å²) in [5.74, 6) is 0.591. The number of hydrogen-bond acceptors (Lipinski definition) is 5. The summed E-state index contributed by atoms with van der Waals surface area (Å²) in [6.07, 6.45) is 6.05. The molecule has 8 heteroatoms. The molecule has 0 radical (unpaired) electrons. The first kappa shape index (κ1) is 21.7. The van der Waals surface area contributed by atoms with Crippen LogP contribution < -0.4 is 4.74 Å². The lowest BCUT2D eigenvalue weighted by atomic mass is 9.95. The van der Waals surface area contributed by atoms with Crippen LogP contribution in [0.2, 0.25) is 5.02 Å². The van der Waals surface area contributed by atoms with Crippen molar-refractivity contribution in [2.45, 2.75) is 58.2 Å². The Bertz CT molecular complexity index is 729. The van der Waals surface area contributed by atoms with E-state index in [1.165, 1.54) is 0 Å². The number of amides is 2. The molecule has 2 amide bonds. The van der Waals surface area contributed by atoms with Gasteiger partial charge in [-0.2, -0.15) is 0 Å². The van der Waals surface area contributed by atoms with Crippen molar-refractivity contribution in [2.75, 3.05) is 26.2 Å². The normalized spacial score (nSPS) is 21.0. The van der Waals surface area contributed by atoms with Gasteiger partial charge >= 0.3 is 6.09 Å². The molecule has 29 heavy (non-hydrogen) atoms. The number of nitrogens with zero attached hydrogens (tertiary/aromatic N) is 3. The van der Waals surface area contributed by atoms with E-state index in [-0.39, 0.29) is 24.0 Å². The fraction of sp³-hybridized carbons (Fsp3) is 0.667. The van der Waals surface area contributed by atoms with Crippen LogP contribution in [0.1, 0.15) is 46.5 Å². The standard InChI is InChI=1S/C21H30ClN3O4/c1-21(2,3)29-20(27)25-10-4-5-15(14-25)19(26)24-11-7-16(8-12-24)28-18-6-9-23-13-17(18)22/h6,9,13,15-16H,4-5,7-8,10-12,14H2,1-3H3. The van der Waals surface area contributed by atoms with Gasteiger partial charge in [-0.25, -0.2) is 4.79 Å². The third-order valence-electron chi connectivity index (χ3n) is 5.20. The molecule has 0 spiro atoms. The Morgan fingerprint density at radius 1 is 1.14 bits per heavy atom. The van der Waals surface area contributed by atoms with Crippen molar-refractivity contribution in [1.29, 1.82) is 0 Å². The summed E-state index contributed by atoms with van der Waals surface area (Å²) in [6, 6.07) is 1.76. The first-order chi connectivity index (χ1) is 13.7. The van der Waals surface area contributed by atoms with Crippen molar-refractivity contribution < 1.29 is 19.1 Å². The number of rotatable bonds is 3. The summed E-state index contributed by atoms with van der Waals surface area (Å²) < 4.78 is 11.4. The molecule has 1 aromatic rings. The number of pyridine rings is 1. The largest absolute Gasteiger partial charge is 0.489 e.